The van der Waals surface area contributed by atoms with E-state index in [1.165, 1.54) is 4.90 Å². The van der Waals surface area contributed by atoms with Crippen LogP contribution in [0.2, 0.25) is 0 Å². The number of hydrogen-bond acceptors (Lipinski definition) is 8. The van der Waals surface area contributed by atoms with Crippen LogP contribution in [0.3, 0.4) is 0 Å². The van der Waals surface area contributed by atoms with Gasteiger partial charge in [-0.15, -0.1) is 21.5 Å². The SMILES string of the molecule is CCC(C)C(NC(=O)Cc1csc2ccccc12)C(=O)NCC(=O)N1c2ccccc2C[C@H]1C(=O)NCc1nn[nH]n1. The summed E-state index contributed by atoms with van der Waals surface area (Å²) >= 11 is 1.57. The van der Waals surface area contributed by atoms with E-state index in [1.54, 1.807) is 23.5 Å². The van der Waals surface area contributed by atoms with Crippen molar-refractivity contribution in [3.05, 3.63) is 70.9 Å². The van der Waals surface area contributed by atoms with Gasteiger partial charge in [-0.05, 0) is 39.9 Å². The van der Waals surface area contributed by atoms with Gasteiger partial charge >= 0.3 is 0 Å². The molecule has 5 rings (SSSR count). The molecule has 13 heteroatoms. The highest BCUT2D eigenvalue weighted by atomic mass is 32.1. The summed E-state index contributed by atoms with van der Waals surface area (Å²) in [5.41, 5.74) is 2.37. The third-order valence-electron chi connectivity index (χ3n) is 7.50. The van der Waals surface area contributed by atoms with E-state index in [2.05, 4.69) is 36.6 Å². The van der Waals surface area contributed by atoms with Gasteiger partial charge in [0.25, 0.3) is 0 Å². The molecule has 0 saturated carbocycles. The van der Waals surface area contributed by atoms with Gasteiger partial charge in [0.2, 0.25) is 23.6 Å². The average Bonchev–Trinajstić information content (AvgIpc) is 3.76. The number of carbonyl (C=O) groups is 4. The van der Waals surface area contributed by atoms with Crippen molar-refractivity contribution in [3.8, 4) is 0 Å². The Morgan fingerprint density at radius 3 is 2.67 bits per heavy atom. The lowest BCUT2D eigenvalue weighted by Gasteiger charge is -2.26. The molecular weight excluding hydrogens is 556 g/mol. The quantitative estimate of drug-likeness (QED) is 0.208. The zero-order chi connectivity index (χ0) is 29.6. The van der Waals surface area contributed by atoms with Crippen LogP contribution in [0.15, 0.2) is 53.9 Å². The van der Waals surface area contributed by atoms with Crippen molar-refractivity contribution in [1.82, 2.24) is 36.6 Å². The maximum absolute atomic E-state index is 13.5. The van der Waals surface area contributed by atoms with Gasteiger partial charge in [-0.3, -0.25) is 24.1 Å². The zero-order valence-corrected chi connectivity index (χ0v) is 24.1. The first-order valence-corrected chi connectivity index (χ1v) is 14.7. The molecule has 0 fully saturated rings. The molecule has 2 aromatic carbocycles. The summed E-state index contributed by atoms with van der Waals surface area (Å²) < 4.78 is 1.10. The maximum atomic E-state index is 13.5. The summed E-state index contributed by atoms with van der Waals surface area (Å²) in [6, 6.07) is 13.5. The Labute approximate surface area is 246 Å². The summed E-state index contributed by atoms with van der Waals surface area (Å²) in [5, 5.41) is 24.8. The second kappa shape index (κ2) is 12.9. The number of aromatic amines is 1. The first-order valence-electron chi connectivity index (χ1n) is 13.8. The number of tetrazole rings is 1. The molecule has 42 heavy (non-hydrogen) atoms. The first kappa shape index (κ1) is 28.9. The van der Waals surface area contributed by atoms with Gasteiger partial charge in [0, 0.05) is 16.8 Å². The standard InChI is InChI=1S/C29H32N8O4S/c1-3-17(2)27(32-25(38)13-19-16-42-23-11-7-5-9-20(19)23)29(41)31-15-26(39)37-21-10-6-4-8-18(21)12-22(37)28(40)30-14-24-33-35-36-34-24/h4-11,16-17,22,27H,3,12-15H2,1-2H3,(H,30,40)(H,31,41)(H,32,38)(H,33,34,35,36)/t17?,22-,27?/m0/s1. The van der Waals surface area contributed by atoms with Gasteiger partial charge in [0.05, 0.1) is 19.5 Å². The molecule has 4 amide bonds. The van der Waals surface area contributed by atoms with Crippen LogP contribution in [0.4, 0.5) is 5.69 Å². The number of nitrogens with one attached hydrogen (secondary N) is 4. The van der Waals surface area contributed by atoms with E-state index >= 15 is 0 Å². The molecule has 3 heterocycles. The van der Waals surface area contributed by atoms with Crippen molar-refractivity contribution >= 4 is 50.7 Å². The minimum atomic E-state index is -0.819. The number of benzene rings is 2. The number of nitrogens with zero attached hydrogens (tertiary/aromatic N) is 4. The minimum absolute atomic E-state index is 0.0540. The van der Waals surface area contributed by atoms with Crippen molar-refractivity contribution in [2.24, 2.45) is 5.92 Å². The van der Waals surface area contributed by atoms with Gasteiger partial charge < -0.3 is 16.0 Å². The summed E-state index contributed by atoms with van der Waals surface area (Å²) in [5.74, 6) is -1.38. The predicted molar refractivity (Wildman–Crippen MR) is 157 cm³/mol. The smallest absolute Gasteiger partial charge is 0.247 e. The number of hydrogen-bond donors (Lipinski definition) is 4. The van der Waals surface area contributed by atoms with E-state index < -0.39 is 23.9 Å². The van der Waals surface area contributed by atoms with Crippen molar-refractivity contribution in [1.29, 1.82) is 0 Å². The molecule has 2 unspecified atom stereocenters. The van der Waals surface area contributed by atoms with Crippen LogP contribution in [0.25, 0.3) is 10.1 Å². The lowest BCUT2D eigenvalue weighted by molar-refractivity contribution is -0.131. The number of aromatic nitrogens is 4. The zero-order valence-electron chi connectivity index (χ0n) is 23.3. The summed E-state index contributed by atoms with van der Waals surface area (Å²) in [6.45, 7) is 3.54. The fraction of sp³-hybridized carbons (Fsp3) is 0.345. The Kier molecular flexibility index (Phi) is 8.86. The van der Waals surface area contributed by atoms with Crippen LogP contribution < -0.4 is 20.9 Å². The van der Waals surface area contributed by atoms with Gasteiger partial charge in [0.15, 0.2) is 5.82 Å². The molecule has 2 aromatic heterocycles. The summed E-state index contributed by atoms with van der Waals surface area (Å²) in [7, 11) is 0. The molecule has 0 saturated heterocycles. The molecule has 1 aliphatic heterocycles. The van der Waals surface area contributed by atoms with Gasteiger partial charge in [0.1, 0.15) is 12.1 Å². The second-order valence-corrected chi connectivity index (χ2v) is 11.2. The predicted octanol–water partition coefficient (Wildman–Crippen LogP) is 1.88. The number of rotatable bonds is 11. The molecule has 4 N–H and O–H groups in total. The van der Waals surface area contributed by atoms with E-state index in [1.807, 2.05) is 55.6 Å². The fourth-order valence-electron chi connectivity index (χ4n) is 5.07. The maximum Gasteiger partial charge on any atom is 0.247 e. The minimum Gasteiger partial charge on any atom is -0.347 e. The Balaban J connectivity index is 1.23. The normalized spacial score (nSPS) is 15.6. The van der Waals surface area contributed by atoms with E-state index in [4.69, 9.17) is 0 Å². The van der Waals surface area contributed by atoms with Crippen LogP contribution in [0.1, 0.15) is 37.2 Å². The van der Waals surface area contributed by atoms with Crippen LogP contribution >= 0.6 is 11.3 Å². The largest absolute Gasteiger partial charge is 0.347 e. The summed E-state index contributed by atoms with van der Waals surface area (Å²) in [4.78, 5) is 54.3. The Morgan fingerprint density at radius 2 is 1.88 bits per heavy atom. The number of fused-ring (bicyclic) bond motifs is 2. The molecular formula is C29H32N8O4S. The van der Waals surface area contributed by atoms with Crippen LogP contribution in [0, 0.1) is 5.92 Å². The number of thiophene rings is 1. The lowest BCUT2D eigenvalue weighted by Crippen LogP contribution is -2.54. The molecule has 4 aromatic rings. The summed E-state index contributed by atoms with van der Waals surface area (Å²) in [6.07, 6.45) is 1.13. The van der Waals surface area contributed by atoms with E-state index in [0.29, 0.717) is 24.4 Å². The third kappa shape index (κ3) is 6.30. The highest BCUT2D eigenvalue weighted by molar-refractivity contribution is 7.17. The Morgan fingerprint density at radius 1 is 1.10 bits per heavy atom. The number of carbonyl (C=O) groups excluding carboxylic acids is 4. The van der Waals surface area contributed by atoms with Gasteiger partial charge in [-0.1, -0.05) is 61.9 Å². The molecule has 3 atom stereocenters. The molecule has 0 aliphatic carbocycles. The molecule has 0 radical (unpaired) electrons. The van der Waals surface area contributed by atoms with Gasteiger partial charge in [-0.2, -0.15) is 5.21 Å². The molecule has 0 bridgehead atoms. The van der Waals surface area contributed by atoms with Gasteiger partial charge in [-0.25, -0.2) is 0 Å². The number of amides is 4. The van der Waals surface area contributed by atoms with E-state index in [0.717, 1.165) is 21.2 Å². The number of para-hydroxylation sites is 1. The molecule has 1 aliphatic rings. The van der Waals surface area contributed by atoms with Crippen LogP contribution in [-0.2, 0) is 38.6 Å². The molecule has 0 spiro atoms. The average molecular weight is 589 g/mol. The second-order valence-electron chi connectivity index (χ2n) is 10.2. The first-order chi connectivity index (χ1) is 20.4. The highest BCUT2D eigenvalue weighted by Crippen LogP contribution is 2.32. The van der Waals surface area contributed by atoms with Crippen molar-refractivity contribution < 1.29 is 19.2 Å². The Bertz CT molecular complexity index is 1590. The van der Waals surface area contributed by atoms with E-state index in [9.17, 15) is 19.2 Å². The van der Waals surface area contributed by atoms with Crippen LogP contribution in [0.5, 0.6) is 0 Å². The van der Waals surface area contributed by atoms with Crippen molar-refractivity contribution in [2.75, 3.05) is 11.4 Å². The fourth-order valence-corrected chi connectivity index (χ4v) is 6.04. The molecule has 218 valence electrons. The number of H-pyrrole nitrogens is 1. The van der Waals surface area contributed by atoms with E-state index in [-0.39, 0.29) is 37.2 Å². The molecule has 12 nitrogen and oxygen atoms in total. The van der Waals surface area contributed by atoms with Crippen molar-refractivity contribution in [3.63, 3.8) is 0 Å². The topological polar surface area (TPSA) is 162 Å². The highest BCUT2D eigenvalue weighted by Gasteiger charge is 2.38. The van der Waals surface area contributed by atoms with Crippen molar-refractivity contribution in [2.45, 2.75) is 51.7 Å². The van der Waals surface area contributed by atoms with Crippen LogP contribution in [-0.4, -0.2) is 62.9 Å². The third-order valence-corrected chi connectivity index (χ3v) is 8.51. The monoisotopic (exact) mass is 588 g/mol. The number of anilines is 1. The Hall–Kier alpha value is -4.65. The lowest BCUT2D eigenvalue weighted by atomic mass is 9.97.